The van der Waals surface area contributed by atoms with E-state index in [2.05, 4.69) is 0 Å². The Hall–Kier alpha value is -4.20. The largest absolute Gasteiger partial charge is 0.481 e. The Kier molecular flexibility index (Phi) is 38.5. The van der Waals surface area contributed by atoms with Gasteiger partial charge in [-0.15, -0.1) is 0 Å². The van der Waals surface area contributed by atoms with Crippen LogP contribution in [0.1, 0.15) is 146 Å². The van der Waals surface area contributed by atoms with Crippen molar-refractivity contribution in [1.82, 2.24) is 0 Å². The molecule has 0 bridgehead atoms. The molecule has 1 aromatic rings. The highest BCUT2D eigenvalue weighted by atomic mass is 16.4. The highest BCUT2D eigenvalue weighted by Crippen LogP contribution is 2.28. The van der Waals surface area contributed by atoms with E-state index in [4.69, 9.17) is 65.0 Å². The lowest BCUT2D eigenvalue weighted by Gasteiger charge is -2.26. The number of rotatable bonds is 19. The average Bonchev–Trinajstić information content (AvgIpc) is 3.25. The van der Waals surface area contributed by atoms with Crippen molar-refractivity contribution < 1.29 is 59.4 Å². The van der Waals surface area contributed by atoms with Crippen molar-refractivity contribution in [2.45, 2.75) is 170 Å². The molecule has 374 valence electrons. The van der Waals surface area contributed by atoms with Crippen molar-refractivity contribution >= 4 is 35.8 Å². The van der Waals surface area contributed by atoms with Gasteiger partial charge in [-0.1, -0.05) is 138 Å². The fourth-order valence-electron chi connectivity index (χ4n) is 5.58. The van der Waals surface area contributed by atoms with E-state index in [1.165, 1.54) is 32.1 Å². The second-order valence-electron chi connectivity index (χ2n) is 17.3. The van der Waals surface area contributed by atoms with E-state index in [9.17, 15) is 28.8 Å². The number of benzene rings is 1. The molecule has 0 saturated heterocycles. The number of carboxylic acids is 6. The summed E-state index contributed by atoms with van der Waals surface area (Å²) in [5, 5.41) is 51.2. The summed E-state index contributed by atoms with van der Waals surface area (Å²) in [6, 6.07) is 7.76. The number of nitrogens with two attached hydrogens (primary N) is 6. The molecule has 2 rings (SSSR count). The van der Waals surface area contributed by atoms with Gasteiger partial charge in [0.15, 0.2) is 0 Å². The number of carbonyl (C=O) groups is 6. The third kappa shape index (κ3) is 31.6. The summed E-state index contributed by atoms with van der Waals surface area (Å²) < 4.78 is 0. The summed E-state index contributed by atoms with van der Waals surface area (Å²) in [7, 11) is 0. The van der Waals surface area contributed by atoms with Crippen LogP contribution in [0.15, 0.2) is 30.3 Å². The Bertz CT molecular complexity index is 1430. The minimum Gasteiger partial charge on any atom is -0.481 e. The molecule has 1 saturated carbocycles. The quantitative estimate of drug-likeness (QED) is 0.0822. The van der Waals surface area contributed by atoms with Gasteiger partial charge in [0, 0.05) is 36.3 Å². The Balaban J connectivity index is -0.000000342. The van der Waals surface area contributed by atoms with Crippen LogP contribution in [0.2, 0.25) is 0 Å². The average molecular weight is 917 g/mol. The molecule has 1 aliphatic rings. The first-order valence-electron chi connectivity index (χ1n) is 22.4. The Morgan fingerprint density at radius 1 is 0.516 bits per heavy atom. The molecule has 64 heavy (non-hydrogen) atoms. The first-order valence-corrected chi connectivity index (χ1v) is 22.4. The Labute approximate surface area is 382 Å². The maximum absolute atomic E-state index is 10.7. The third-order valence-electron chi connectivity index (χ3n) is 11.5. The number of carboxylic acid groups (broad SMARTS) is 6. The smallest absolute Gasteiger partial charge is 0.308 e. The zero-order valence-corrected chi connectivity index (χ0v) is 40.4. The maximum atomic E-state index is 10.7. The van der Waals surface area contributed by atoms with E-state index in [0.717, 1.165) is 24.8 Å². The molecule has 18 nitrogen and oxygen atoms in total. The van der Waals surface area contributed by atoms with E-state index in [1.807, 2.05) is 58.0 Å². The second-order valence-corrected chi connectivity index (χ2v) is 17.3. The van der Waals surface area contributed by atoms with Gasteiger partial charge in [0.2, 0.25) is 0 Å². The first kappa shape index (κ1) is 66.4. The van der Waals surface area contributed by atoms with E-state index in [-0.39, 0.29) is 36.1 Å². The van der Waals surface area contributed by atoms with Gasteiger partial charge in [-0.25, -0.2) is 0 Å². The van der Waals surface area contributed by atoms with Crippen LogP contribution in [0.3, 0.4) is 0 Å². The van der Waals surface area contributed by atoms with Crippen LogP contribution in [0, 0.1) is 47.3 Å². The lowest BCUT2D eigenvalue weighted by atomic mass is 9.82. The summed E-state index contributed by atoms with van der Waals surface area (Å²) in [6.07, 6.45) is 9.71. The van der Waals surface area contributed by atoms with Gasteiger partial charge in [0.05, 0.1) is 35.5 Å². The lowest BCUT2D eigenvalue weighted by molar-refractivity contribution is -0.143. The van der Waals surface area contributed by atoms with Crippen molar-refractivity contribution in [2.75, 3.05) is 0 Å². The van der Waals surface area contributed by atoms with Crippen molar-refractivity contribution in [3.8, 4) is 0 Å². The molecule has 18 heteroatoms. The maximum Gasteiger partial charge on any atom is 0.308 e. The molecule has 1 aliphatic carbocycles. The van der Waals surface area contributed by atoms with Gasteiger partial charge in [-0.3, -0.25) is 28.8 Å². The standard InChI is InChI=1S/C11H21NO2.C10H13NO2.2C7H15NO2.C6H13NO2.C5H11NO2/c1-8(11(13)14)10(12)7-9-5-3-2-4-6-9;1-7(10(12)13)9(11)8-5-3-2-4-6-8;1-4(2)6(8)5(3)7(9)10;1-3-4-6(8)5(2)7(9)10;1-3-5(7)4(2)6(8)9;1-3(4(2)6)5(7)8/h8-10H,2-7,12H2,1H3,(H,13,14);2-7,9H,11H2,1H3,(H,12,13);4-6H,8H2,1-3H3,(H,9,10);5-6H,3-4,8H2,1-2H3,(H,9,10);4-5H,3,7H2,1-2H3,(H,8,9);3-4H,6H2,1-2H3,(H,7,8). The van der Waals surface area contributed by atoms with Crippen LogP contribution in [0.4, 0.5) is 0 Å². The normalized spacial score (nSPS) is 17.8. The predicted molar refractivity (Wildman–Crippen MR) is 251 cm³/mol. The van der Waals surface area contributed by atoms with Gasteiger partial charge in [-0.05, 0) is 43.6 Å². The molecule has 0 amide bonds. The highest BCUT2D eigenvalue weighted by molar-refractivity contribution is 5.72. The fraction of sp³-hybridized carbons (Fsp3) is 0.739. The van der Waals surface area contributed by atoms with Crippen LogP contribution < -0.4 is 34.4 Å². The Morgan fingerprint density at radius 2 is 0.891 bits per heavy atom. The highest BCUT2D eigenvalue weighted by Gasteiger charge is 2.25. The third-order valence-corrected chi connectivity index (χ3v) is 11.5. The first-order chi connectivity index (χ1) is 29.4. The van der Waals surface area contributed by atoms with Crippen LogP contribution in [-0.4, -0.2) is 96.7 Å². The SMILES string of the molecule is CC(C(=O)O)C(N)CC1CCCCC1.CC(C(=O)O)C(N)c1ccccc1.CC(C)C(N)C(C)C(=O)O.CC(N)C(C)C(=O)O.CCC(N)C(C)C(=O)O.CCCC(N)C(C)C(=O)O. The lowest BCUT2D eigenvalue weighted by Crippen LogP contribution is -2.37. The van der Waals surface area contributed by atoms with Crippen molar-refractivity contribution in [3.63, 3.8) is 0 Å². The van der Waals surface area contributed by atoms with Crippen LogP contribution in [-0.2, 0) is 28.8 Å². The van der Waals surface area contributed by atoms with Crippen molar-refractivity contribution in [3.05, 3.63) is 35.9 Å². The van der Waals surface area contributed by atoms with E-state index in [0.29, 0.717) is 12.3 Å². The van der Waals surface area contributed by atoms with Gasteiger partial charge in [0.1, 0.15) is 0 Å². The summed E-state index contributed by atoms with van der Waals surface area (Å²) >= 11 is 0. The van der Waals surface area contributed by atoms with Gasteiger partial charge in [-0.2, -0.15) is 0 Å². The van der Waals surface area contributed by atoms with Crippen molar-refractivity contribution in [1.29, 1.82) is 0 Å². The predicted octanol–water partition coefficient (Wildman–Crippen LogP) is 5.44. The molecule has 0 aliphatic heterocycles. The molecule has 18 N–H and O–H groups in total. The van der Waals surface area contributed by atoms with Crippen LogP contribution in [0.5, 0.6) is 0 Å². The van der Waals surface area contributed by atoms with E-state index in [1.54, 1.807) is 48.5 Å². The second kappa shape index (κ2) is 37.1. The molecular formula is C46H88N6O12. The number of hydrogen-bond acceptors (Lipinski definition) is 12. The van der Waals surface area contributed by atoms with Gasteiger partial charge in [0.25, 0.3) is 0 Å². The summed E-state index contributed by atoms with van der Waals surface area (Å²) in [5.41, 5.74) is 34.3. The minimum absolute atomic E-state index is 0.171. The molecule has 0 radical (unpaired) electrons. The molecule has 0 aromatic heterocycles. The summed E-state index contributed by atoms with van der Waals surface area (Å²) in [4.78, 5) is 62.3. The fourth-order valence-corrected chi connectivity index (χ4v) is 5.58. The van der Waals surface area contributed by atoms with Gasteiger partial charge >= 0.3 is 35.8 Å². The Morgan fingerprint density at radius 3 is 1.17 bits per heavy atom. The van der Waals surface area contributed by atoms with Crippen molar-refractivity contribution in [2.24, 2.45) is 81.7 Å². The summed E-state index contributed by atoms with van der Waals surface area (Å²) in [5.74, 6) is -6.69. The van der Waals surface area contributed by atoms with E-state index >= 15 is 0 Å². The molecule has 0 heterocycles. The topological polar surface area (TPSA) is 380 Å². The van der Waals surface area contributed by atoms with Gasteiger partial charge < -0.3 is 65.0 Å². The molecule has 1 aromatic carbocycles. The molecule has 1 fully saturated rings. The van der Waals surface area contributed by atoms with Crippen LogP contribution >= 0.6 is 0 Å². The molecule has 12 atom stereocenters. The number of aliphatic carboxylic acids is 6. The molecule has 12 unspecified atom stereocenters. The molecule has 0 spiro atoms. The zero-order chi connectivity index (χ0) is 51.0. The zero-order valence-electron chi connectivity index (χ0n) is 40.4. The number of hydrogen-bond donors (Lipinski definition) is 12. The molecular weight excluding hydrogens is 829 g/mol. The van der Waals surface area contributed by atoms with Crippen LogP contribution in [0.25, 0.3) is 0 Å². The monoisotopic (exact) mass is 917 g/mol. The minimum atomic E-state index is -0.864. The summed E-state index contributed by atoms with van der Waals surface area (Å²) in [6.45, 7) is 19.2. The van der Waals surface area contributed by atoms with E-state index < -0.39 is 77.4 Å².